The van der Waals surface area contributed by atoms with Crippen LogP contribution in [0.4, 0.5) is 0 Å². The summed E-state index contributed by atoms with van der Waals surface area (Å²) >= 11 is 3.28. The molecule has 1 heterocycles. The molecule has 1 aromatic heterocycles. The zero-order valence-electron chi connectivity index (χ0n) is 10.2. The number of alkyl halides is 1. The zero-order chi connectivity index (χ0) is 12.7. The van der Waals surface area contributed by atoms with Gasteiger partial charge in [-0.2, -0.15) is 5.10 Å². The van der Waals surface area contributed by atoms with E-state index in [4.69, 9.17) is 4.74 Å². The number of hydrogen-bond acceptors (Lipinski definition) is 3. The van der Waals surface area contributed by atoms with Crippen molar-refractivity contribution in [1.82, 2.24) is 15.1 Å². The summed E-state index contributed by atoms with van der Waals surface area (Å²) in [7, 11) is 1.82. The van der Waals surface area contributed by atoms with Crippen LogP contribution >= 0.6 is 15.9 Å². The fourth-order valence-electron chi connectivity index (χ4n) is 1.35. The zero-order valence-corrected chi connectivity index (χ0v) is 11.8. The van der Waals surface area contributed by atoms with Crippen LogP contribution in [0.3, 0.4) is 0 Å². The standard InChI is InChI=1S/C11H18BrN3O2/c1-9-10(8-14-15(9)2)11(16)13-5-3-6-17-7-4-12/h8H,3-7H2,1-2H3,(H,13,16). The van der Waals surface area contributed by atoms with E-state index >= 15 is 0 Å². The third-order valence-electron chi connectivity index (χ3n) is 2.45. The van der Waals surface area contributed by atoms with Gasteiger partial charge in [0.2, 0.25) is 0 Å². The van der Waals surface area contributed by atoms with Crippen molar-refractivity contribution in [2.24, 2.45) is 7.05 Å². The molecule has 0 atom stereocenters. The highest BCUT2D eigenvalue weighted by atomic mass is 79.9. The Morgan fingerprint density at radius 3 is 2.94 bits per heavy atom. The van der Waals surface area contributed by atoms with Crippen LogP contribution in [0.1, 0.15) is 22.5 Å². The number of rotatable bonds is 7. The van der Waals surface area contributed by atoms with Gasteiger partial charge in [-0.05, 0) is 13.3 Å². The number of hydrogen-bond donors (Lipinski definition) is 1. The molecular weight excluding hydrogens is 286 g/mol. The molecule has 0 aliphatic carbocycles. The molecule has 0 radical (unpaired) electrons. The van der Waals surface area contributed by atoms with Gasteiger partial charge in [-0.25, -0.2) is 0 Å². The minimum absolute atomic E-state index is 0.0731. The molecule has 0 saturated carbocycles. The number of aromatic nitrogens is 2. The van der Waals surface area contributed by atoms with Gasteiger partial charge in [0.1, 0.15) is 0 Å². The topological polar surface area (TPSA) is 56.1 Å². The number of aryl methyl sites for hydroxylation is 1. The van der Waals surface area contributed by atoms with E-state index in [9.17, 15) is 4.79 Å². The molecular formula is C11H18BrN3O2. The second-order valence-electron chi connectivity index (χ2n) is 3.68. The number of ether oxygens (including phenoxy) is 1. The largest absolute Gasteiger partial charge is 0.381 e. The lowest BCUT2D eigenvalue weighted by Gasteiger charge is -2.05. The van der Waals surface area contributed by atoms with Crippen molar-refractivity contribution in [1.29, 1.82) is 0 Å². The van der Waals surface area contributed by atoms with E-state index in [1.165, 1.54) is 0 Å². The Hall–Kier alpha value is -0.880. The number of amides is 1. The number of nitrogens with one attached hydrogen (secondary N) is 1. The molecule has 1 aromatic rings. The van der Waals surface area contributed by atoms with Crippen molar-refractivity contribution < 1.29 is 9.53 Å². The first-order valence-electron chi connectivity index (χ1n) is 5.57. The fraction of sp³-hybridized carbons (Fsp3) is 0.636. The summed E-state index contributed by atoms with van der Waals surface area (Å²) in [6.07, 6.45) is 2.41. The van der Waals surface area contributed by atoms with E-state index in [1.54, 1.807) is 10.9 Å². The van der Waals surface area contributed by atoms with Gasteiger partial charge in [0, 0.05) is 31.2 Å². The normalized spacial score (nSPS) is 10.5. The van der Waals surface area contributed by atoms with E-state index in [-0.39, 0.29) is 5.91 Å². The van der Waals surface area contributed by atoms with Crippen molar-refractivity contribution in [2.75, 3.05) is 25.1 Å². The Morgan fingerprint density at radius 1 is 1.59 bits per heavy atom. The lowest BCUT2D eigenvalue weighted by molar-refractivity contribution is 0.0944. The first-order chi connectivity index (χ1) is 8.16. The molecule has 96 valence electrons. The summed E-state index contributed by atoms with van der Waals surface area (Å²) in [4.78, 5) is 11.8. The van der Waals surface area contributed by atoms with Gasteiger partial charge < -0.3 is 10.1 Å². The van der Waals surface area contributed by atoms with E-state index in [1.807, 2.05) is 14.0 Å². The SMILES string of the molecule is Cc1c(C(=O)NCCCOCCBr)cnn1C. The van der Waals surface area contributed by atoms with Gasteiger partial charge in [-0.3, -0.25) is 9.48 Å². The molecule has 0 spiro atoms. The molecule has 0 unspecified atom stereocenters. The number of carbonyl (C=O) groups is 1. The second kappa shape index (κ2) is 7.45. The minimum Gasteiger partial charge on any atom is -0.381 e. The molecule has 5 nitrogen and oxygen atoms in total. The molecule has 0 aromatic carbocycles. The number of carbonyl (C=O) groups excluding carboxylic acids is 1. The Kier molecular flexibility index (Phi) is 6.21. The highest BCUT2D eigenvalue weighted by molar-refractivity contribution is 9.09. The van der Waals surface area contributed by atoms with E-state index in [0.29, 0.717) is 25.3 Å². The Bertz CT molecular complexity index is 366. The van der Waals surface area contributed by atoms with Crippen LogP contribution in [0.5, 0.6) is 0 Å². The quantitative estimate of drug-likeness (QED) is 0.609. The predicted molar refractivity (Wildman–Crippen MR) is 69.5 cm³/mol. The summed E-state index contributed by atoms with van der Waals surface area (Å²) in [5, 5.41) is 7.72. The first kappa shape index (κ1) is 14.2. The summed E-state index contributed by atoms with van der Waals surface area (Å²) in [6.45, 7) is 3.87. The third kappa shape index (κ3) is 4.47. The van der Waals surface area contributed by atoms with Crippen LogP contribution in [-0.2, 0) is 11.8 Å². The van der Waals surface area contributed by atoms with E-state index in [2.05, 4.69) is 26.3 Å². The van der Waals surface area contributed by atoms with Crippen LogP contribution < -0.4 is 5.32 Å². The number of halogens is 1. The van der Waals surface area contributed by atoms with Crippen LogP contribution in [-0.4, -0.2) is 40.8 Å². The van der Waals surface area contributed by atoms with Crippen LogP contribution in [0, 0.1) is 6.92 Å². The van der Waals surface area contributed by atoms with E-state index in [0.717, 1.165) is 17.4 Å². The second-order valence-corrected chi connectivity index (χ2v) is 4.47. The smallest absolute Gasteiger partial charge is 0.254 e. The van der Waals surface area contributed by atoms with E-state index < -0.39 is 0 Å². The molecule has 1 rings (SSSR count). The lowest BCUT2D eigenvalue weighted by Crippen LogP contribution is -2.25. The molecule has 17 heavy (non-hydrogen) atoms. The Morgan fingerprint density at radius 2 is 2.35 bits per heavy atom. The maximum Gasteiger partial charge on any atom is 0.254 e. The monoisotopic (exact) mass is 303 g/mol. The maximum atomic E-state index is 11.8. The number of nitrogens with zero attached hydrogens (tertiary/aromatic N) is 2. The summed E-state index contributed by atoms with van der Waals surface area (Å²) in [5.41, 5.74) is 1.51. The van der Waals surface area contributed by atoms with Crippen LogP contribution in [0.15, 0.2) is 6.20 Å². The third-order valence-corrected chi connectivity index (χ3v) is 2.78. The maximum absolute atomic E-state index is 11.8. The summed E-state index contributed by atoms with van der Waals surface area (Å²) < 4.78 is 6.97. The van der Waals surface area contributed by atoms with Crippen molar-refractivity contribution in [3.63, 3.8) is 0 Å². The van der Waals surface area contributed by atoms with Crippen LogP contribution in [0.2, 0.25) is 0 Å². The average molecular weight is 304 g/mol. The van der Waals surface area contributed by atoms with Crippen molar-refractivity contribution >= 4 is 21.8 Å². The Labute approximate surface area is 110 Å². The lowest BCUT2D eigenvalue weighted by atomic mass is 10.2. The molecule has 0 bridgehead atoms. The highest BCUT2D eigenvalue weighted by Crippen LogP contribution is 2.04. The van der Waals surface area contributed by atoms with Gasteiger partial charge in [0.15, 0.2) is 0 Å². The molecule has 1 N–H and O–H groups in total. The van der Waals surface area contributed by atoms with Gasteiger partial charge >= 0.3 is 0 Å². The average Bonchev–Trinajstić information content (AvgIpc) is 2.64. The molecule has 1 amide bonds. The van der Waals surface area contributed by atoms with Gasteiger partial charge in [-0.15, -0.1) is 0 Å². The van der Waals surface area contributed by atoms with Crippen LogP contribution in [0.25, 0.3) is 0 Å². The molecule has 6 heteroatoms. The molecule has 0 aliphatic heterocycles. The van der Waals surface area contributed by atoms with Gasteiger partial charge in [-0.1, -0.05) is 15.9 Å². The first-order valence-corrected chi connectivity index (χ1v) is 6.69. The van der Waals surface area contributed by atoms with Gasteiger partial charge in [0.05, 0.1) is 18.4 Å². The molecule has 0 saturated heterocycles. The summed E-state index contributed by atoms with van der Waals surface area (Å²) in [6, 6.07) is 0. The van der Waals surface area contributed by atoms with Gasteiger partial charge in [0.25, 0.3) is 5.91 Å². The Balaban J connectivity index is 2.24. The van der Waals surface area contributed by atoms with Crippen molar-refractivity contribution in [2.45, 2.75) is 13.3 Å². The van der Waals surface area contributed by atoms with Crippen molar-refractivity contribution in [3.8, 4) is 0 Å². The highest BCUT2D eigenvalue weighted by Gasteiger charge is 2.11. The summed E-state index contributed by atoms with van der Waals surface area (Å²) in [5.74, 6) is -0.0731. The minimum atomic E-state index is -0.0731. The van der Waals surface area contributed by atoms with Crippen molar-refractivity contribution in [3.05, 3.63) is 17.5 Å². The predicted octanol–water partition coefficient (Wildman–Crippen LogP) is 1.26. The fourth-order valence-corrected chi connectivity index (χ4v) is 1.58. The molecule has 0 fully saturated rings. The molecule has 0 aliphatic rings.